The van der Waals surface area contributed by atoms with E-state index in [4.69, 9.17) is 9.72 Å². The van der Waals surface area contributed by atoms with Crippen molar-refractivity contribution in [2.24, 2.45) is 0 Å². The van der Waals surface area contributed by atoms with Gasteiger partial charge >= 0.3 is 5.97 Å². The van der Waals surface area contributed by atoms with Gasteiger partial charge in [-0.05, 0) is 42.8 Å². The molecule has 1 aromatic heterocycles. The molecule has 0 aliphatic carbocycles. The lowest BCUT2D eigenvalue weighted by Crippen LogP contribution is -2.02. The first-order chi connectivity index (χ1) is 13.6. The fraction of sp³-hybridized carbons (Fsp3) is 0.0833. The molecule has 28 heavy (non-hydrogen) atoms. The third-order valence-corrected chi connectivity index (χ3v) is 4.59. The molecule has 4 nitrogen and oxygen atoms in total. The van der Waals surface area contributed by atoms with Crippen LogP contribution < -0.4 is 4.74 Å². The predicted molar refractivity (Wildman–Crippen MR) is 110 cm³/mol. The van der Waals surface area contributed by atoms with Crippen LogP contribution in [0.5, 0.6) is 5.75 Å². The van der Waals surface area contributed by atoms with Crippen LogP contribution in [0.2, 0.25) is 0 Å². The van der Waals surface area contributed by atoms with Crippen LogP contribution in [-0.4, -0.2) is 16.1 Å². The van der Waals surface area contributed by atoms with Crippen molar-refractivity contribution in [2.75, 3.05) is 0 Å². The Labute approximate surface area is 163 Å². The second-order valence-electron chi connectivity index (χ2n) is 6.65. The number of carboxylic acids is 1. The maximum atomic E-state index is 11.8. The Bertz CT molecular complexity index is 1150. The van der Waals surface area contributed by atoms with Crippen LogP contribution in [0, 0.1) is 6.92 Å². The molecule has 0 saturated carbocycles. The van der Waals surface area contributed by atoms with E-state index in [9.17, 15) is 9.90 Å². The van der Waals surface area contributed by atoms with E-state index in [2.05, 4.69) is 0 Å². The van der Waals surface area contributed by atoms with Gasteiger partial charge < -0.3 is 9.84 Å². The lowest BCUT2D eigenvalue weighted by molar-refractivity contribution is 0.0699. The quantitative estimate of drug-likeness (QED) is 0.505. The topological polar surface area (TPSA) is 59.4 Å². The number of para-hydroxylation sites is 1. The smallest absolute Gasteiger partial charge is 0.336 e. The second-order valence-corrected chi connectivity index (χ2v) is 6.65. The van der Waals surface area contributed by atoms with Crippen molar-refractivity contribution in [3.05, 3.63) is 95.6 Å². The van der Waals surface area contributed by atoms with Crippen molar-refractivity contribution in [1.82, 2.24) is 4.98 Å². The molecule has 1 heterocycles. The third-order valence-electron chi connectivity index (χ3n) is 4.59. The Morgan fingerprint density at radius 1 is 0.964 bits per heavy atom. The lowest BCUT2D eigenvalue weighted by Gasteiger charge is -2.13. The van der Waals surface area contributed by atoms with Gasteiger partial charge in [-0.1, -0.05) is 54.1 Å². The molecule has 0 atom stereocenters. The molecule has 0 radical (unpaired) electrons. The van der Waals surface area contributed by atoms with Crippen molar-refractivity contribution in [3.63, 3.8) is 0 Å². The Morgan fingerprint density at radius 3 is 2.50 bits per heavy atom. The van der Waals surface area contributed by atoms with E-state index in [1.807, 2.05) is 79.7 Å². The number of fused-ring (bicyclic) bond motifs is 1. The third kappa shape index (κ3) is 3.58. The molecular formula is C24H19NO3. The standard InChI is InChI=1S/C24H19NO3/c1-16-11-12-21-19(13-16)20(24(26)27)14-22(25-21)18-9-5-6-10-23(18)28-15-17-7-3-2-4-8-17/h2-14H,15H2,1H3,(H,26,27). The van der Waals surface area contributed by atoms with Gasteiger partial charge in [0.15, 0.2) is 0 Å². The summed E-state index contributed by atoms with van der Waals surface area (Å²) in [5, 5.41) is 10.3. The zero-order valence-electron chi connectivity index (χ0n) is 15.4. The van der Waals surface area contributed by atoms with Crippen LogP contribution in [0.15, 0.2) is 78.9 Å². The van der Waals surface area contributed by atoms with Gasteiger partial charge in [-0.2, -0.15) is 0 Å². The first-order valence-electron chi connectivity index (χ1n) is 9.02. The predicted octanol–water partition coefficient (Wildman–Crippen LogP) is 5.49. The highest BCUT2D eigenvalue weighted by Crippen LogP contribution is 2.32. The molecule has 4 heteroatoms. The maximum absolute atomic E-state index is 11.8. The normalized spacial score (nSPS) is 10.8. The van der Waals surface area contributed by atoms with Crippen molar-refractivity contribution in [3.8, 4) is 17.0 Å². The summed E-state index contributed by atoms with van der Waals surface area (Å²) in [5.41, 5.74) is 4.29. The Balaban J connectivity index is 1.78. The Morgan fingerprint density at radius 2 is 1.71 bits per heavy atom. The van der Waals surface area contributed by atoms with Crippen LogP contribution in [0.1, 0.15) is 21.5 Å². The van der Waals surface area contributed by atoms with Crippen LogP contribution >= 0.6 is 0 Å². The first kappa shape index (κ1) is 17.7. The van der Waals surface area contributed by atoms with E-state index in [0.29, 0.717) is 29.0 Å². The SMILES string of the molecule is Cc1ccc2nc(-c3ccccc3OCc3ccccc3)cc(C(=O)O)c2c1. The summed E-state index contributed by atoms with van der Waals surface area (Å²) in [5.74, 6) is -0.302. The van der Waals surface area contributed by atoms with Crippen molar-refractivity contribution < 1.29 is 14.6 Å². The zero-order chi connectivity index (χ0) is 19.5. The molecular weight excluding hydrogens is 350 g/mol. The molecule has 0 amide bonds. The number of aromatic carboxylic acids is 1. The summed E-state index contributed by atoms with van der Waals surface area (Å²) in [7, 11) is 0. The molecule has 1 N–H and O–H groups in total. The van der Waals surface area contributed by atoms with Crippen LogP contribution in [0.3, 0.4) is 0 Å². The minimum atomic E-state index is -0.970. The fourth-order valence-electron chi connectivity index (χ4n) is 3.19. The minimum Gasteiger partial charge on any atom is -0.488 e. The molecule has 0 unspecified atom stereocenters. The number of benzene rings is 3. The Hall–Kier alpha value is -3.66. The highest BCUT2D eigenvalue weighted by Gasteiger charge is 2.15. The highest BCUT2D eigenvalue weighted by molar-refractivity contribution is 6.04. The zero-order valence-corrected chi connectivity index (χ0v) is 15.4. The summed E-state index contributed by atoms with van der Waals surface area (Å²) in [4.78, 5) is 16.5. The van der Waals surface area contributed by atoms with Crippen molar-refractivity contribution in [1.29, 1.82) is 0 Å². The van der Waals surface area contributed by atoms with E-state index in [-0.39, 0.29) is 5.56 Å². The monoisotopic (exact) mass is 369 g/mol. The molecule has 0 aliphatic rings. The first-order valence-corrected chi connectivity index (χ1v) is 9.02. The van der Waals surface area contributed by atoms with E-state index < -0.39 is 5.97 Å². The maximum Gasteiger partial charge on any atom is 0.336 e. The van der Waals surface area contributed by atoms with Gasteiger partial charge in [0, 0.05) is 10.9 Å². The van der Waals surface area contributed by atoms with Crippen molar-refractivity contribution in [2.45, 2.75) is 13.5 Å². The Kier molecular flexibility index (Phi) is 4.77. The number of hydrogen-bond acceptors (Lipinski definition) is 3. The molecule has 4 rings (SSSR count). The fourth-order valence-corrected chi connectivity index (χ4v) is 3.19. The highest BCUT2D eigenvalue weighted by atomic mass is 16.5. The van der Waals surface area contributed by atoms with E-state index in [1.54, 1.807) is 6.07 Å². The number of ether oxygens (including phenoxy) is 1. The number of hydrogen-bond donors (Lipinski definition) is 1. The number of rotatable bonds is 5. The number of aromatic nitrogens is 1. The molecule has 0 aliphatic heterocycles. The van der Waals surface area contributed by atoms with Crippen LogP contribution in [0.25, 0.3) is 22.2 Å². The molecule has 0 spiro atoms. The van der Waals surface area contributed by atoms with Crippen LogP contribution in [0.4, 0.5) is 0 Å². The molecule has 0 fully saturated rings. The lowest BCUT2D eigenvalue weighted by atomic mass is 10.0. The summed E-state index contributed by atoms with van der Waals surface area (Å²) < 4.78 is 6.02. The van der Waals surface area contributed by atoms with Gasteiger partial charge in [-0.15, -0.1) is 0 Å². The van der Waals surface area contributed by atoms with Gasteiger partial charge in [-0.25, -0.2) is 9.78 Å². The average molecular weight is 369 g/mol. The summed E-state index contributed by atoms with van der Waals surface area (Å²) >= 11 is 0. The second kappa shape index (κ2) is 7.53. The minimum absolute atomic E-state index is 0.238. The molecule has 0 saturated heterocycles. The van der Waals surface area contributed by atoms with Gasteiger partial charge in [0.1, 0.15) is 12.4 Å². The molecule has 138 valence electrons. The van der Waals surface area contributed by atoms with Crippen molar-refractivity contribution >= 4 is 16.9 Å². The number of carbonyl (C=O) groups is 1. The summed E-state index contributed by atoms with van der Waals surface area (Å²) in [6.45, 7) is 2.36. The van der Waals surface area contributed by atoms with Gasteiger partial charge in [0.05, 0.1) is 16.8 Å². The van der Waals surface area contributed by atoms with Gasteiger partial charge in [-0.3, -0.25) is 0 Å². The van der Waals surface area contributed by atoms with Gasteiger partial charge in [0.25, 0.3) is 0 Å². The van der Waals surface area contributed by atoms with E-state index >= 15 is 0 Å². The number of nitrogens with zero attached hydrogens (tertiary/aromatic N) is 1. The number of carboxylic acid groups (broad SMARTS) is 1. The largest absolute Gasteiger partial charge is 0.488 e. The molecule has 4 aromatic rings. The van der Waals surface area contributed by atoms with E-state index in [0.717, 1.165) is 16.7 Å². The molecule has 3 aromatic carbocycles. The molecule has 0 bridgehead atoms. The van der Waals surface area contributed by atoms with E-state index in [1.165, 1.54) is 0 Å². The summed E-state index contributed by atoms with van der Waals surface area (Å²) in [6.07, 6.45) is 0. The average Bonchev–Trinajstić information content (AvgIpc) is 2.72. The summed E-state index contributed by atoms with van der Waals surface area (Å²) in [6, 6.07) is 24.7. The van der Waals surface area contributed by atoms with Crippen LogP contribution in [-0.2, 0) is 6.61 Å². The van der Waals surface area contributed by atoms with Gasteiger partial charge in [0.2, 0.25) is 0 Å². The number of pyridine rings is 1. The number of aryl methyl sites for hydroxylation is 1.